The molecular formula is C15H22F2O. The zero-order valence-corrected chi connectivity index (χ0v) is 11.3. The lowest BCUT2D eigenvalue weighted by molar-refractivity contribution is -0.0333. The minimum atomic E-state index is -2.49. The first-order valence-electron chi connectivity index (χ1n) is 6.50. The van der Waals surface area contributed by atoms with E-state index >= 15 is 0 Å². The highest BCUT2D eigenvalue weighted by atomic mass is 19.3. The molecule has 1 rings (SSSR count). The maximum Gasteiger partial charge on any atom is 0.241 e. The van der Waals surface area contributed by atoms with Crippen LogP contribution in [-0.2, 0) is 5.60 Å². The Morgan fingerprint density at radius 3 is 2.11 bits per heavy atom. The number of benzene rings is 1. The van der Waals surface area contributed by atoms with Crippen LogP contribution in [0.4, 0.5) is 8.78 Å². The van der Waals surface area contributed by atoms with Crippen molar-refractivity contribution >= 4 is 0 Å². The molecule has 1 N–H and O–H groups in total. The van der Waals surface area contributed by atoms with E-state index < -0.39 is 18.4 Å². The van der Waals surface area contributed by atoms with Crippen LogP contribution in [0.2, 0.25) is 0 Å². The first kappa shape index (κ1) is 15.1. The monoisotopic (exact) mass is 256 g/mol. The van der Waals surface area contributed by atoms with E-state index in [0.717, 1.165) is 5.56 Å². The maximum absolute atomic E-state index is 12.6. The van der Waals surface area contributed by atoms with Gasteiger partial charge in [-0.1, -0.05) is 51.5 Å². The Hall–Kier alpha value is -0.960. The van der Waals surface area contributed by atoms with Gasteiger partial charge in [-0.05, 0) is 23.5 Å². The fourth-order valence-electron chi connectivity index (χ4n) is 2.21. The molecule has 0 aliphatic carbocycles. The normalized spacial score (nSPS) is 15.1. The average molecular weight is 256 g/mol. The number of hydrogen-bond donors (Lipinski definition) is 1. The predicted molar refractivity (Wildman–Crippen MR) is 70.0 cm³/mol. The van der Waals surface area contributed by atoms with Gasteiger partial charge in [0.15, 0.2) is 0 Å². The van der Waals surface area contributed by atoms with Crippen LogP contribution in [0.1, 0.15) is 57.1 Å². The molecule has 1 unspecified atom stereocenters. The molecule has 3 heteroatoms. The summed E-state index contributed by atoms with van der Waals surface area (Å²) in [6.45, 7) is 6.04. The topological polar surface area (TPSA) is 20.2 Å². The summed E-state index contributed by atoms with van der Waals surface area (Å²) in [4.78, 5) is 0. The Balaban J connectivity index is 2.98. The number of hydrogen-bond acceptors (Lipinski definition) is 1. The standard InChI is InChI=1S/C15H22F2O/c1-4-9-15(18,10-14(16)17)13-7-5-12(6-8-13)11(2)3/h5-8,11,14,18H,4,9-10H2,1-3H3. The molecule has 1 aromatic rings. The molecule has 1 nitrogen and oxygen atoms in total. The molecule has 102 valence electrons. The SMILES string of the molecule is CCCC(O)(CC(F)F)c1ccc(C(C)C)cc1. The molecule has 0 bridgehead atoms. The molecule has 0 radical (unpaired) electrons. The van der Waals surface area contributed by atoms with Gasteiger partial charge < -0.3 is 5.11 Å². The minimum Gasteiger partial charge on any atom is -0.385 e. The van der Waals surface area contributed by atoms with Gasteiger partial charge in [0, 0.05) is 6.42 Å². The predicted octanol–water partition coefficient (Wildman–Crippen LogP) is 4.45. The molecule has 0 aliphatic rings. The van der Waals surface area contributed by atoms with Crippen LogP contribution in [0.5, 0.6) is 0 Å². The Labute approximate surface area is 108 Å². The molecule has 0 heterocycles. The summed E-state index contributed by atoms with van der Waals surface area (Å²) in [5.41, 5.74) is 0.335. The molecular weight excluding hydrogens is 234 g/mol. The van der Waals surface area contributed by atoms with E-state index in [-0.39, 0.29) is 0 Å². The van der Waals surface area contributed by atoms with E-state index in [1.807, 2.05) is 19.1 Å². The summed E-state index contributed by atoms with van der Waals surface area (Å²) >= 11 is 0. The largest absolute Gasteiger partial charge is 0.385 e. The lowest BCUT2D eigenvalue weighted by atomic mass is 9.85. The van der Waals surface area contributed by atoms with Gasteiger partial charge in [-0.3, -0.25) is 0 Å². The van der Waals surface area contributed by atoms with Gasteiger partial charge in [0.05, 0.1) is 5.60 Å². The highest BCUT2D eigenvalue weighted by Gasteiger charge is 2.31. The van der Waals surface area contributed by atoms with Crippen LogP contribution >= 0.6 is 0 Å². The highest BCUT2D eigenvalue weighted by molar-refractivity contribution is 5.28. The minimum absolute atomic E-state index is 0.359. The van der Waals surface area contributed by atoms with Crippen molar-refractivity contribution in [2.45, 2.75) is 58.0 Å². The zero-order valence-electron chi connectivity index (χ0n) is 11.3. The smallest absolute Gasteiger partial charge is 0.241 e. The summed E-state index contributed by atoms with van der Waals surface area (Å²) in [5, 5.41) is 10.4. The Morgan fingerprint density at radius 2 is 1.72 bits per heavy atom. The van der Waals surface area contributed by atoms with Crippen LogP contribution < -0.4 is 0 Å². The Morgan fingerprint density at radius 1 is 1.17 bits per heavy atom. The van der Waals surface area contributed by atoms with Gasteiger partial charge in [-0.15, -0.1) is 0 Å². The third-order valence-electron chi connectivity index (χ3n) is 3.27. The molecule has 1 atom stereocenters. The van der Waals surface area contributed by atoms with Crippen molar-refractivity contribution in [3.05, 3.63) is 35.4 Å². The second kappa shape index (κ2) is 6.28. The number of halogens is 2. The van der Waals surface area contributed by atoms with E-state index in [0.29, 0.717) is 24.3 Å². The molecule has 0 saturated carbocycles. The fraction of sp³-hybridized carbons (Fsp3) is 0.600. The first-order chi connectivity index (χ1) is 8.39. The van der Waals surface area contributed by atoms with Crippen molar-refractivity contribution in [3.8, 4) is 0 Å². The van der Waals surface area contributed by atoms with Crippen molar-refractivity contribution in [1.82, 2.24) is 0 Å². The third kappa shape index (κ3) is 3.77. The molecule has 0 fully saturated rings. The lowest BCUT2D eigenvalue weighted by Crippen LogP contribution is -2.28. The Kier molecular flexibility index (Phi) is 5.27. The fourth-order valence-corrected chi connectivity index (χ4v) is 2.21. The van der Waals surface area contributed by atoms with Crippen LogP contribution in [0.25, 0.3) is 0 Å². The van der Waals surface area contributed by atoms with E-state index in [9.17, 15) is 13.9 Å². The molecule has 0 amide bonds. The summed E-state index contributed by atoms with van der Waals surface area (Å²) in [7, 11) is 0. The van der Waals surface area contributed by atoms with Crippen molar-refractivity contribution in [3.63, 3.8) is 0 Å². The molecule has 1 aromatic carbocycles. The van der Waals surface area contributed by atoms with Gasteiger partial charge in [0.1, 0.15) is 0 Å². The maximum atomic E-state index is 12.6. The van der Waals surface area contributed by atoms with Gasteiger partial charge in [-0.2, -0.15) is 0 Å². The van der Waals surface area contributed by atoms with Gasteiger partial charge >= 0.3 is 0 Å². The van der Waals surface area contributed by atoms with Gasteiger partial charge in [-0.25, -0.2) is 8.78 Å². The van der Waals surface area contributed by atoms with Crippen molar-refractivity contribution in [2.75, 3.05) is 0 Å². The third-order valence-corrected chi connectivity index (χ3v) is 3.27. The quantitative estimate of drug-likeness (QED) is 0.797. The molecule has 18 heavy (non-hydrogen) atoms. The highest BCUT2D eigenvalue weighted by Crippen LogP contribution is 2.33. The first-order valence-corrected chi connectivity index (χ1v) is 6.50. The van der Waals surface area contributed by atoms with Crippen molar-refractivity contribution in [1.29, 1.82) is 0 Å². The Bertz CT molecular complexity index is 359. The number of aliphatic hydroxyl groups is 1. The summed E-state index contributed by atoms with van der Waals surface area (Å²) in [5.74, 6) is 0.397. The number of alkyl halides is 2. The summed E-state index contributed by atoms with van der Waals surface area (Å²) in [6.07, 6.45) is -1.96. The number of rotatable bonds is 6. The average Bonchev–Trinajstić information content (AvgIpc) is 2.28. The van der Waals surface area contributed by atoms with Gasteiger partial charge in [0.25, 0.3) is 0 Å². The van der Waals surface area contributed by atoms with E-state index in [2.05, 4.69) is 13.8 Å². The van der Waals surface area contributed by atoms with Crippen LogP contribution in [0.3, 0.4) is 0 Å². The lowest BCUT2D eigenvalue weighted by Gasteiger charge is -2.28. The van der Waals surface area contributed by atoms with E-state index in [1.54, 1.807) is 12.1 Å². The van der Waals surface area contributed by atoms with Gasteiger partial charge in [0.2, 0.25) is 6.43 Å². The zero-order chi connectivity index (χ0) is 13.8. The molecule has 0 aliphatic heterocycles. The molecule has 0 saturated heterocycles. The molecule has 0 spiro atoms. The summed E-state index contributed by atoms with van der Waals surface area (Å²) < 4.78 is 25.2. The van der Waals surface area contributed by atoms with Crippen molar-refractivity contribution < 1.29 is 13.9 Å². The molecule has 0 aromatic heterocycles. The van der Waals surface area contributed by atoms with E-state index in [4.69, 9.17) is 0 Å². The van der Waals surface area contributed by atoms with Crippen LogP contribution in [-0.4, -0.2) is 11.5 Å². The van der Waals surface area contributed by atoms with Crippen LogP contribution in [0, 0.1) is 0 Å². The second-order valence-corrected chi connectivity index (χ2v) is 5.15. The van der Waals surface area contributed by atoms with Crippen LogP contribution in [0.15, 0.2) is 24.3 Å². The van der Waals surface area contributed by atoms with Crippen molar-refractivity contribution in [2.24, 2.45) is 0 Å². The second-order valence-electron chi connectivity index (χ2n) is 5.15. The summed E-state index contributed by atoms with van der Waals surface area (Å²) in [6, 6.07) is 7.36. The van der Waals surface area contributed by atoms with E-state index in [1.165, 1.54) is 0 Å².